The largest absolute Gasteiger partial charge is 0.467 e. The van der Waals surface area contributed by atoms with E-state index in [2.05, 4.69) is 21.8 Å². The third kappa shape index (κ3) is 3.07. The van der Waals surface area contributed by atoms with Gasteiger partial charge in [-0.15, -0.1) is 0 Å². The van der Waals surface area contributed by atoms with E-state index in [4.69, 9.17) is 10.2 Å². The van der Waals surface area contributed by atoms with E-state index in [-0.39, 0.29) is 0 Å². The van der Waals surface area contributed by atoms with Crippen molar-refractivity contribution in [2.24, 2.45) is 5.73 Å². The minimum Gasteiger partial charge on any atom is -0.467 e. The van der Waals surface area contributed by atoms with Gasteiger partial charge in [0.15, 0.2) is 0 Å². The molecule has 0 spiro atoms. The first-order valence-electron chi connectivity index (χ1n) is 6.11. The minimum atomic E-state index is 0.618. The number of nitrogens with two attached hydrogens (primary N) is 1. The van der Waals surface area contributed by atoms with Gasteiger partial charge in [0.2, 0.25) is 5.95 Å². The van der Waals surface area contributed by atoms with Crippen LogP contribution in [0.5, 0.6) is 0 Å². The lowest BCUT2D eigenvalue weighted by Crippen LogP contribution is -2.24. The van der Waals surface area contributed by atoms with Crippen LogP contribution in [0.15, 0.2) is 35.2 Å². The van der Waals surface area contributed by atoms with Crippen molar-refractivity contribution in [1.82, 2.24) is 9.97 Å². The highest BCUT2D eigenvalue weighted by Crippen LogP contribution is 2.12. The number of aromatic nitrogens is 2. The van der Waals surface area contributed by atoms with Crippen molar-refractivity contribution in [2.45, 2.75) is 19.9 Å². The molecule has 0 saturated carbocycles. The second kappa shape index (κ2) is 6.16. The zero-order chi connectivity index (χ0) is 12.8. The lowest BCUT2D eigenvalue weighted by Gasteiger charge is -2.19. The number of nitrogens with zero attached hydrogens (tertiary/aromatic N) is 3. The van der Waals surface area contributed by atoms with Crippen molar-refractivity contribution in [3.8, 4) is 0 Å². The van der Waals surface area contributed by atoms with E-state index >= 15 is 0 Å². The lowest BCUT2D eigenvalue weighted by molar-refractivity contribution is 0.502. The fraction of sp³-hybridized carbons (Fsp3) is 0.385. The zero-order valence-corrected chi connectivity index (χ0v) is 10.5. The minimum absolute atomic E-state index is 0.618. The molecule has 0 aliphatic rings. The van der Waals surface area contributed by atoms with E-state index in [9.17, 15) is 0 Å². The summed E-state index contributed by atoms with van der Waals surface area (Å²) in [4.78, 5) is 10.8. The molecule has 2 rings (SSSR count). The molecule has 2 aromatic heterocycles. The topological polar surface area (TPSA) is 68.2 Å². The maximum Gasteiger partial charge on any atom is 0.225 e. The zero-order valence-electron chi connectivity index (χ0n) is 10.5. The van der Waals surface area contributed by atoms with Crippen molar-refractivity contribution in [2.75, 3.05) is 18.0 Å². The molecule has 0 amide bonds. The molecule has 0 atom stereocenters. The summed E-state index contributed by atoms with van der Waals surface area (Å²) in [7, 11) is 0. The molecule has 0 radical (unpaired) electrons. The van der Waals surface area contributed by atoms with Gasteiger partial charge >= 0.3 is 0 Å². The maximum absolute atomic E-state index is 5.50. The summed E-state index contributed by atoms with van der Waals surface area (Å²) in [6.07, 6.45) is 6.15. The van der Waals surface area contributed by atoms with Crippen molar-refractivity contribution in [3.05, 3.63) is 42.1 Å². The van der Waals surface area contributed by atoms with Gasteiger partial charge in [-0.05, 0) is 37.6 Å². The van der Waals surface area contributed by atoms with Crippen molar-refractivity contribution in [1.29, 1.82) is 0 Å². The Kier molecular flexibility index (Phi) is 4.30. The Morgan fingerprint density at radius 2 is 2.11 bits per heavy atom. The SMILES string of the molecule is CCN(Cc1ccco1)c1ncc(CCN)cn1. The van der Waals surface area contributed by atoms with Gasteiger partial charge in [0.05, 0.1) is 12.8 Å². The Morgan fingerprint density at radius 1 is 1.33 bits per heavy atom. The molecular weight excluding hydrogens is 228 g/mol. The van der Waals surface area contributed by atoms with Crippen molar-refractivity contribution >= 4 is 5.95 Å². The number of furan rings is 1. The highest BCUT2D eigenvalue weighted by atomic mass is 16.3. The van der Waals surface area contributed by atoms with Gasteiger partial charge in [-0.3, -0.25) is 0 Å². The predicted molar refractivity (Wildman–Crippen MR) is 70.2 cm³/mol. The number of anilines is 1. The van der Waals surface area contributed by atoms with Crippen LogP contribution in [0.3, 0.4) is 0 Å². The quantitative estimate of drug-likeness (QED) is 0.838. The average molecular weight is 246 g/mol. The molecule has 0 fully saturated rings. The molecule has 2 N–H and O–H groups in total. The second-order valence-corrected chi connectivity index (χ2v) is 4.02. The molecule has 96 valence electrons. The van der Waals surface area contributed by atoms with Gasteiger partial charge in [0.1, 0.15) is 5.76 Å². The van der Waals surface area contributed by atoms with E-state index in [1.54, 1.807) is 6.26 Å². The Balaban J connectivity index is 2.07. The molecule has 0 aliphatic heterocycles. The first-order valence-corrected chi connectivity index (χ1v) is 6.11. The van der Waals surface area contributed by atoms with Crippen LogP contribution in [0.25, 0.3) is 0 Å². The molecule has 0 aliphatic carbocycles. The van der Waals surface area contributed by atoms with E-state index < -0.39 is 0 Å². The van der Waals surface area contributed by atoms with Crippen molar-refractivity contribution < 1.29 is 4.42 Å². The van der Waals surface area contributed by atoms with E-state index in [1.165, 1.54) is 0 Å². The fourth-order valence-corrected chi connectivity index (χ4v) is 1.72. The van der Waals surface area contributed by atoms with E-state index in [0.29, 0.717) is 13.1 Å². The predicted octanol–water partition coefficient (Wildman–Crippen LogP) is 1.60. The Hall–Kier alpha value is -1.88. The second-order valence-electron chi connectivity index (χ2n) is 4.02. The van der Waals surface area contributed by atoms with Crippen molar-refractivity contribution in [3.63, 3.8) is 0 Å². The van der Waals surface area contributed by atoms with Crippen LogP contribution in [-0.2, 0) is 13.0 Å². The molecule has 5 nitrogen and oxygen atoms in total. The van der Waals surface area contributed by atoms with Gasteiger partial charge in [-0.1, -0.05) is 0 Å². The standard InChI is InChI=1S/C13H18N4O/c1-2-17(10-12-4-3-7-18-12)13-15-8-11(5-6-14)9-16-13/h3-4,7-9H,2,5-6,10,14H2,1H3. The van der Waals surface area contributed by atoms with Gasteiger partial charge in [-0.2, -0.15) is 0 Å². The molecule has 2 aromatic rings. The Labute approximate surface area is 107 Å². The lowest BCUT2D eigenvalue weighted by atomic mass is 10.2. The molecule has 5 heteroatoms. The maximum atomic E-state index is 5.50. The summed E-state index contributed by atoms with van der Waals surface area (Å²) in [6, 6.07) is 3.83. The number of hydrogen-bond acceptors (Lipinski definition) is 5. The molecule has 0 unspecified atom stereocenters. The average Bonchev–Trinajstić information content (AvgIpc) is 2.90. The van der Waals surface area contributed by atoms with E-state index in [0.717, 1.165) is 30.2 Å². The summed E-state index contributed by atoms with van der Waals surface area (Å²) in [6.45, 7) is 4.20. The van der Waals surface area contributed by atoms with Gasteiger partial charge in [0.25, 0.3) is 0 Å². The first kappa shape index (κ1) is 12.6. The highest BCUT2D eigenvalue weighted by molar-refractivity contribution is 5.30. The first-order chi connectivity index (χ1) is 8.83. The van der Waals surface area contributed by atoms with Crippen LogP contribution in [0, 0.1) is 0 Å². The van der Waals surface area contributed by atoms with Gasteiger partial charge in [0, 0.05) is 18.9 Å². The van der Waals surface area contributed by atoms with E-state index in [1.807, 2.05) is 24.5 Å². The Bertz CT molecular complexity index is 452. The van der Waals surface area contributed by atoms with Crippen LogP contribution >= 0.6 is 0 Å². The fourth-order valence-electron chi connectivity index (χ4n) is 1.72. The van der Waals surface area contributed by atoms with Crippen LogP contribution < -0.4 is 10.6 Å². The molecule has 0 bridgehead atoms. The van der Waals surface area contributed by atoms with Gasteiger partial charge in [-0.25, -0.2) is 9.97 Å². The third-order valence-corrected chi connectivity index (χ3v) is 2.72. The Morgan fingerprint density at radius 3 is 2.67 bits per heavy atom. The van der Waals surface area contributed by atoms with Gasteiger partial charge < -0.3 is 15.1 Å². The monoisotopic (exact) mass is 246 g/mol. The highest BCUT2D eigenvalue weighted by Gasteiger charge is 2.09. The third-order valence-electron chi connectivity index (χ3n) is 2.72. The smallest absolute Gasteiger partial charge is 0.225 e. The summed E-state index contributed by atoms with van der Waals surface area (Å²) >= 11 is 0. The summed E-state index contributed by atoms with van der Waals surface area (Å²) < 4.78 is 5.34. The van der Waals surface area contributed by atoms with Crippen LogP contribution in [0.4, 0.5) is 5.95 Å². The molecule has 0 saturated heterocycles. The normalized spacial score (nSPS) is 10.6. The molecule has 0 aromatic carbocycles. The summed E-state index contributed by atoms with van der Waals surface area (Å²) in [5.74, 6) is 1.63. The molecular formula is C13H18N4O. The number of rotatable bonds is 6. The van der Waals surface area contributed by atoms with Crippen LogP contribution in [0.1, 0.15) is 18.2 Å². The van der Waals surface area contributed by atoms with Crippen LogP contribution in [-0.4, -0.2) is 23.1 Å². The molecule has 2 heterocycles. The summed E-state index contributed by atoms with van der Waals surface area (Å²) in [5, 5.41) is 0. The summed E-state index contributed by atoms with van der Waals surface area (Å²) in [5.41, 5.74) is 6.56. The molecule has 18 heavy (non-hydrogen) atoms. The van der Waals surface area contributed by atoms with Crippen LogP contribution in [0.2, 0.25) is 0 Å². The number of hydrogen-bond donors (Lipinski definition) is 1.